The maximum Gasteiger partial charge on any atom is 0.329 e. The molecule has 2 fully saturated rings. The minimum absolute atomic E-state index is 0.194. The fourth-order valence-electron chi connectivity index (χ4n) is 5.87. The van der Waals surface area contributed by atoms with Gasteiger partial charge in [0.2, 0.25) is 0 Å². The van der Waals surface area contributed by atoms with Gasteiger partial charge in [0.05, 0.1) is 26.4 Å². The Hall–Kier alpha value is -3.88. The number of ether oxygens (including phenoxy) is 3. The highest BCUT2D eigenvalue weighted by Gasteiger charge is 2.36. The molecule has 0 N–H and O–H groups in total. The van der Waals surface area contributed by atoms with Crippen molar-refractivity contribution in [1.82, 2.24) is 4.90 Å². The first-order chi connectivity index (χ1) is 21.6. The number of hydrogen-bond acceptors (Lipinski definition) is 6. The van der Waals surface area contributed by atoms with E-state index in [2.05, 4.69) is 17.0 Å². The first-order valence-electron chi connectivity index (χ1n) is 15.9. The second-order valence-electron chi connectivity index (χ2n) is 11.7. The summed E-state index contributed by atoms with van der Waals surface area (Å²) in [6, 6.07) is 27.1. The van der Waals surface area contributed by atoms with Gasteiger partial charge in [0, 0.05) is 38.1 Å². The van der Waals surface area contributed by atoms with Gasteiger partial charge in [0.25, 0.3) is 0 Å². The minimum atomic E-state index is -0.655. The minimum Gasteiger partial charge on any atom is -0.456 e. The molecule has 8 heteroatoms. The summed E-state index contributed by atoms with van der Waals surface area (Å²) in [7, 11) is 1.77. The Morgan fingerprint density at radius 3 is 1.91 bits per heavy atom. The van der Waals surface area contributed by atoms with E-state index in [1.807, 2.05) is 72.8 Å². The number of carbonyl (C=O) groups excluding carboxylic acids is 2. The highest BCUT2D eigenvalue weighted by Crippen LogP contribution is 2.26. The maximum atomic E-state index is 13.7. The van der Waals surface area contributed by atoms with Crippen LogP contribution in [-0.4, -0.2) is 68.9 Å². The first-order valence-corrected chi connectivity index (χ1v) is 15.9. The molecule has 2 amide bonds. The Morgan fingerprint density at radius 1 is 0.750 bits per heavy atom. The van der Waals surface area contributed by atoms with Crippen molar-refractivity contribution in [2.24, 2.45) is 0 Å². The molecule has 2 aliphatic heterocycles. The molecule has 8 nitrogen and oxygen atoms in total. The van der Waals surface area contributed by atoms with Crippen molar-refractivity contribution >= 4 is 23.4 Å². The normalized spacial score (nSPS) is 17.0. The van der Waals surface area contributed by atoms with Crippen LogP contribution in [0.1, 0.15) is 49.7 Å². The number of amides is 2. The number of nitrogens with zero attached hydrogens (tertiary/aromatic N) is 3. The Morgan fingerprint density at radius 2 is 1.32 bits per heavy atom. The zero-order valence-electron chi connectivity index (χ0n) is 25.8. The van der Waals surface area contributed by atoms with Gasteiger partial charge in [0.15, 0.2) is 0 Å². The molecule has 1 atom stereocenters. The van der Waals surface area contributed by atoms with Gasteiger partial charge >= 0.3 is 12.0 Å². The molecule has 2 saturated heterocycles. The summed E-state index contributed by atoms with van der Waals surface area (Å²) in [4.78, 5) is 33.0. The smallest absolute Gasteiger partial charge is 0.329 e. The Bertz CT molecular complexity index is 1250. The van der Waals surface area contributed by atoms with Gasteiger partial charge in [-0.1, -0.05) is 60.7 Å². The summed E-state index contributed by atoms with van der Waals surface area (Å²) < 4.78 is 17.9. The second kappa shape index (κ2) is 16.3. The number of rotatable bonds is 12. The monoisotopic (exact) mass is 599 g/mol. The molecule has 0 spiro atoms. The van der Waals surface area contributed by atoms with E-state index in [9.17, 15) is 9.59 Å². The number of likely N-dealkylation sites (tertiary alicyclic amines) is 1. The largest absolute Gasteiger partial charge is 0.456 e. The zero-order valence-corrected chi connectivity index (χ0v) is 25.8. The molecule has 0 aliphatic carbocycles. The molecule has 3 aromatic rings. The fraction of sp³-hybridized carbons (Fsp3) is 0.444. The summed E-state index contributed by atoms with van der Waals surface area (Å²) in [6.07, 6.45) is 5.38. The van der Waals surface area contributed by atoms with Gasteiger partial charge in [-0.3, -0.25) is 4.90 Å². The van der Waals surface area contributed by atoms with Crippen molar-refractivity contribution in [3.05, 3.63) is 96.1 Å². The maximum absolute atomic E-state index is 13.7. The molecule has 1 unspecified atom stereocenters. The standard InChI is InChI=1S/C36H45N3O5/c1-37(31-18-20-32(21-19-31)38-22-10-4-11-23-38)36(41)39-24-12-9-17-34(39)35(40)44-33(27-42-25-29-13-5-2-6-14-29)28-43-26-30-15-7-3-8-16-30/h2-3,5-8,13-16,18-21,33-34H,4,9-12,17,22-28H2,1H3. The number of urea groups is 1. The number of hydrogen-bond donors (Lipinski definition) is 0. The molecule has 0 aromatic heterocycles. The SMILES string of the molecule is CN(C(=O)N1CCCCC1C(=O)OC(COCc1ccccc1)COCc1ccccc1)c1ccc(N2CCCCC2)cc1. The van der Waals surface area contributed by atoms with Crippen LogP contribution in [0.15, 0.2) is 84.9 Å². The number of anilines is 2. The van der Waals surface area contributed by atoms with E-state index >= 15 is 0 Å². The van der Waals surface area contributed by atoms with Crippen LogP contribution in [0.2, 0.25) is 0 Å². The number of benzene rings is 3. The van der Waals surface area contributed by atoms with Crippen molar-refractivity contribution < 1.29 is 23.8 Å². The summed E-state index contributed by atoms with van der Waals surface area (Å²) in [5, 5.41) is 0. The van der Waals surface area contributed by atoms with Crippen LogP contribution in [0.5, 0.6) is 0 Å². The van der Waals surface area contributed by atoms with Gasteiger partial charge < -0.3 is 24.0 Å². The third-order valence-corrected chi connectivity index (χ3v) is 8.38. The topological polar surface area (TPSA) is 71.6 Å². The number of carbonyl (C=O) groups is 2. The van der Waals surface area contributed by atoms with Gasteiger partial charge in [-0.2, -0.15) is 0 Å². The van der Waals surface area contributed by atoms with Crippen LogP contribution in [0.25, 0.3) is 0 Å². The molecule has 2 heterocycles. The Kier molecular flexibility index (Phi) is 11.7. The van der Waals surface area contributed by atoms with Crippen LogP contribution < -0.4 is 9.80 Å². The molecule has 3 aromatic carbocycles. The molecular weight excluding hydrogens is 554 g/mol. The van der Waals surface area contributed by atoms with Gasteiger partial charge in [-0.05, 0) is 73.9 Å². The zero-order chi connectivity index (χ0) is 30.6. The van der Waals surface area contributed by atoms with E-state index in [1.54, 1.807) is 16.8 Å². The fourth-order valence-corrected chi connectivity index (χ4v) is 5.87. The van der Waals surface area contributed by atoms with Gasteiger partial charge in [-0.25, -0.2) is 9.59 Å². The van der Waals surface area contributed by atoms with E-state index in [1.165, 1.54) is 24.9 Å². The van der Waals surface area contributed by atoms with Gasteiger partial charge in [0.1, 0.15) is 12.1 Å². The predicted molar refractivity (Wildman–Crippen MR) is 173 cm³/mol. The van der Waals surface area contributed by atoms with Crippen LogP contribution in [0, 0.1) is 0 Å². The van der Waals surface area contributed by atoms with Crippen molar-refractivity contribution in [3.8, 4) is 0 Å². The quantitative estimate of drug-likeness (QED) is 0.224. The van der Waals surface area contributed by atoms with Gasteiger partial charge in [-0.15, -0.1) is 0 Å². The molecule has 0 radical (unpaired) electrons. The molecular formula is C36H45N3O5. The lowest BCUT2D eigenvalue weighted by atomic mass is 10.0. The average Bonchev–Trinajstić information content (AvgIpc) is 3.09. The van der Waals surface area contributed by atoms with Crippen molar-refractivity contribution in [3.63, 3.8) is 0 Å². The lowest BCUT2D eigenvalue weighted by Crippen LogP contribution is -2.53. The lowest BCUT2D eigenvalue weighted by Gasteiger charge is -2.37. The first kappa shape index (κ1) is 31.5. The van der Waals surface area contributed by atoms with Crippen LogP contribution in [-0.2, 0) is 32.2 Å². The number of esters is 1. The van der Waals surface area contributed by atoms with E-state index in [0.29, 0.717) is 26.2 Å². The van der Waals surface area contributed by atoms with Crippen LogP contribution in [0.4, 0.5) is 16.2 Å². The highest BCUT2D eigenvalue weighted by atomic mass is 16.6. The van der Waals surface area contributed by atoms with Crippen molar-refractivity contribution in [2.45, 2.75) is 63.9 Å². The van der Waals surface area contributed by atoms with Crippen molar-refractivity contribution in [2.75, 3.05) is 49.7 Å². The molecule has 234 valence electrons. The number of piperidine rings is 2. The molecule has 2 aliphatic rings. The Balaban J connectivity index is 1.20. The summed E-state index contributed by atoms with van der Waals surface area (Å²) in [5.74, 6) is -0.413. The summed E-state index contributed by atoms with van der Waals surface area (Å²) in [5.41, 5.74) is 4.07. The van der Waals surface area contributed by atoms with E-state index in [-0.39, 0.29) is 19.2 Å². The molecule has 44 heavy (non-hydrogen) atoms. The lowest BCUT2D eigenvalue weighted by molar-refractivity contribution is -0.163. The molecule has 5 rings (SSSR count). The van der Waals surface area contributed by atoms with Crippen LogP contribution in [0.3, 0.4) is 0 Å². The van der Waals surface area contributed by atoms with E-state index < -0.39 is 18.1 Å². The van der Waals surface area contributed by atoms with E-state index in [4.69, 9.17) is 14.2 Å². The van der Waals surface area contributed by atoms with Crippen molar-refractivity contribution in [1.29, 1.82) is 0 Å². The predicted octanol–water partition coefficient (Wildman–Crippen LogP) is 6.43. The third kappa shape index (κ3) is 8.83. The summed E-state index contributed by atoms with van der Waals surface area (Å²) in [6.45, 7) is 3.85. The second-order valence-corrected chi connectivity index (χ2v) is 11.7. The van der Waals surface area contributed by atoms with E-state index in [0.717, 1.165) is 42.7 Å². The molecule has 0 saturated carbocycles. The average molecular weight is 600 g/mol. The third-order valence-electron chi connectivity index (χ3n) is 8.38. The van der Waals surface area contributed by atoms with Crippen LogP contribution >= 0.6 is 0 Å². The summed E-state index contributed by atoms with van der Waals surface area (Å²) >= 11 is 0. The molecule has 0 bridgehead atoms. The highest BCUT2D eigenvalue weighted by molar-refractivity contribution is 5.94. The Labute approximate surface area is 261 Å².